The van der Waals surface area contributed by atoms with E-state index in [1.54, 1.807) is 0 Å². The number of carbonyl (C=O) groups is 1. The van der Waals surface area contributed by atoms with E-state index in [0.717, 1.165) is 11.3 Å². The van der Waals surface area contributed by atoms with Gasteiger partial charge in [0.05, 0.1) is 16.1 Å². The molecule has 0 aliphatic heterocycles. The lowest BCUT2D eigenvalue weighted by molar-refractivity contribution is -0.162. The second kappa shape index (κ2) is 5.05. The van der Waals surface area contributed by atoms with Crippen molar-refractivity contribution in [2.75, 3.05) is 0 Å². The first-order valence-corrected chi connectivity index (χ1v) is 6.35. The molecule has 8 heteroatoms. The van der Waals surface area contributed by atoms with Crippen LogP contribution in [0.3, 0.4) is 0 Å². The monoisotopic (exact) mass is 380 g/mol. The highest BCUT2D eigenvalue weighted by Crippen LogP contribution is 2.44. The topological polar surface area (TPSA) is 37.3 Å². The van der Waals surface area contributed by atoms with Crippen molar-refractivity contribution in [1.29, 1.82) is 0 Å². The highest BCUT2D eigenvalue weighted by molar-refractivity contribution is 9.13. The van der Waals surface area contributed by atoms with Gasteiger partial charge in [-0.05, 0) is 37.9 Å². The van der Waals surface area contributed by atoms with E-state index >= 15 is 0 Å². The molecule has 0 fully saturated rings. The Morgan fingerprint density at radius 1 is 1.50 bits per heavy atom. The molecule has 0 aliphatic rings. The number of thiophene rings is 1. The maximum atomic E-state index is 12.6. The zero-order valence-electron chi connectivity index (χ0n) is 7.52. The minimum atomic E-state index is -4.55. The lowest BCUT2D eigenvalue weighted by atomic mass is 10.0. The molecule has 0 radical (unpaired) electrons. The summed E-state index contributed by atoms with van der Waals surface area (Å²) in [6, 6.07) is 1.29. The number of hydrogen-bond donors (Lipinski definition) is 1. The summed E-state index contributed by atoms with van der Waals surface area (Å²) in [5.74, 6) is -3.43. The molecule has 16 heavy (non-hydrogen) atoms. The molecule has 1 rings (SSSR count). The van der Waals surface area contributed by atoms with Gasteiger partial charge in [-0.25, -0.2) is 0 Å². The fourth-order valence-corrected chi connectivity index (χ4v) is 3.30. The van der Waals surface area contributed by atoms with Crippen LogP contribution in [0, 0.1) is 0 Å². The highest BCUT2D eigenvalue weighted by atomic mass is 79.9. The SMILES string of the molecule is O=C(O)CC(c1cc(Br)c(Br)s1)C(F)(F)F. The van der Waals surface area contributed by atoms with Gasteiger partial charge in [0.1, 0.15) is 0 Å². The van der Waals surface area contributed by atoms with Crippen molar-refractivity contribution in [1.82, 2.24) is 0 Å². The van der Waals surface area contributed by atoms with Crippen LogP contribution >= 0.6 is 43.2 Å². The van der Waals surface area contributed by atoms with Gasteiger partial charge in [-0.1, -0.05) is 0 Å². The van der Waals surface area contributed by atoms with Crippen LogP contribution in [0.5, 0.6) is 0 Å². The van der Waals surface area contributed by atoms with Crippen LogP contribution in [0.2, 0.25) is 0 Å². The number of carboxylic acids is 1. The molecular weight excluding hydrogens is 377 g/mol. The summed E-state index contributed by atoms with van der Waals surface area (Å²) >= 11 is 7.02. The van der Waals surface area contributed by atoms with E-state index in [1.165, 1.54) is 6.07 Å². The molecule has 90 valence electrons. The van der Waals surface area contributed by atoms with Crippen molar-refractivity contribution in [3.05, 3.63) is 19.2 Å². The molecule has 1 unspecified atom stereocenters. The van der Waals surface area contributed by atoms with Crippen LogP contribution in [-0.2, 0) is 4.79 Å². The van der Waals surface area contributed by atoms with Crippen LogP contribution < -0.4 is 0 Å². The smallest absolute Gasteiger partial charge is 0.397 e. The molecule has 0 aliphatic carbocycles. The van der Waals surface area contributed by atoms with Crippen LogP contribution in [0.1, 0.15) is 17.2 Å². The third-order valence-corrected chi connectivity index (χ3v) is 5.15. The summed E-state index contributed by atoms with van der Waals surface area (Å²) in [6.07, 6.45) is -5.51. The first-order chi connectivity index (χ1) is 7.21. The van der Waals surface area contributed by atoms with Crippen LogP contribution in [0.15, 0.2) is 14.3 Å². The third-order valence-electron chi connectivity index (χ3n) is 1.78. The van der Waals surface area contributed by atoms with Gasteiger partial charge in [0.25, 0.3) is 0 Å². The Labute approximate surface area is 110 Å². The average molecular weight is 382 g/mol. The normalized spacial score (nSPS) is 13.8. The van der Waals surface area contributed by atoms with Gasteiger partial charge in [-0.15, -0.1) is 11.3 Å². The summed E-state index contributed by atoms with van der Waals surface area (Å²) in [7, 11) is 0. The Balaban J connectivity index is 3.06. The zero-order chi connectivity index (χ0) is 12.5. The van der Waals surface area contributed by atoms with Crippen molar-refractivity contribution < 1.29 is 23.1 Å². The summed E-state index contributed by atoms with van der Waals surface area (Å²) in [5, 5.41) is 8.47. The third kappa shape index (κ3) is 3.46. The summed E-state index contributed by atoms with van der Waals surface area (Å²) < 4.78 is 38.9. The number of aliphatic carboxylic acids is 1. The second-order valence-electron chi connectivity index (χ2n) is 2.96. The fourth-order valence-electron chi connectivity index (χ4n) is 1.09. The number of hydrogen-bond acceptors (Lipinski definition) is 2. The van der Waals surface area contributed by atoms with Gasteiger partial charge >= 0.3 is 12.1 Å². The van der Waals surface area contributed by atoms with E-state index in [9.17, 15) is 18.0 Å². The molecule has 0 aromatic carbocycles. The van der Waals surface area contributed by atoms with Gasteiger partial charge in [0.2, 0.25) is 0 Å². The van der Waals surface area contributed by atoms with Gasteiger partial charge in [0, 0.05) is 9.35 Å². The minimum Gasteiger partial charge on any atom is -0.481 e. The number of alkyl halides is 3. The molecule has 0 saturated carbocycles. The average Bonchev–Trinajstić information content (AvgIpc) is 2.40. The molecule has 0 saturated heterocycles. The second-order valence-corrected chi connectivity index (χ2v) is 6.22. The van der Waals surface area contributed by atoms with Crippen molar-refractivity contribution in [2.45, 2.75) is 18.5 Å². The number of halogens is 5. The van der Waals surface area contributed by atoms with E-state index in [0.29, 0.717) is 8.26 Å². The predicted octanol–water partition coefficient (Wildman–Crippen LogP) is 4.39. The Morgan fingerprint density at radius 2 is 2.06 bits per heavy atom. The van der Waals surface area contributed by atoms with E-state index in [2.05, 4.69) is 31.9 Å². The van der Waals surface area contributed by atoms with Crippen LogP contribution in [0.25, 0.3) is 0 Å². The Bertz CT molecular complexity index is 383. The van der Waals surface area contributed by atoms with Crippen molar-refractivity contribution in [3.63, 3.8) is 0 Å². The Morgan fingerprint density at radius 3 is 2.38 bits per heavy atom. The molecule has 1 atom stereocenters. The molecular formula is C8H5Br2F3O2S. The van der Waals surface area contributed by atoms with E-state index in [-0.39, 0.29) is 4.88 Å². The standard InChI is InChI=1S/C8H5Br2F3O2S/c9-4-2-5(16-7(4)10)3(1-6(14)15)8(11,12)13/h2-3H,1H2,(H,14,15). The Hall–Kier alpha value is -0.0800. The quantitative estimate of drug-likeness (QED) is 0.842. The van der Waals surface area contributed by atoms with Gasteiger partial charge in [-0.3, -0.25) is 4.79 Å². The summed E-state index contributed by atoms with van der Waals surface area (Å²) in [6.45, 7) is 0. The zero-order valence-corrected chi connectivity index (χ0v) is 11.5. The highest BCUT2D eigenvalue weighted by Gasteiger charge is 2.43. The van der Waals surface area contributed by atoms with Crippen molar-refractivity contribution in [2.24, 2.45) is 0 Å². The maximum absolute atomic E-state index is 12.6. The van der Waals surface area contributed by atoms with Gasteiger partial charge in [0.15, 0.2) is 0 Å². The number of rotatable bonds is 3. The molecule has 1 heterocycles. The molecule has 1 aromatic heterocycles. The molecule has 1 aromatic rings. The predicted molar refractivity (Wildman–Crippen MR) is 60.8 cm³/mol. The fraction of sp³-hybridized carbons (Fsp3) is 0.375. The van der Waals surface area contributed by atoms with Gasteiger partial charge in [-0.2, -0.15) is 13.2 Å². The first kappa shape index (κ1) is 14.0. The van der Waals surface area contributed by atoms with Crippen LogP contribution in [-0.4, -0.2) is 17.3 Å². The largest absolute Gasteiger partial charge is 0.481 e. The van der Waals surface area contributed by atoms with Gasteiger partial charge < -0.3 is 5.11 Å². The maximum Gasteiger partial charge on any atom is 0.397 e. The molecule has 2 nitrogen and oxygen atoms in total. The molecule has 0 spiro atoms. The molecule has 0 amide bonds. The molecule has 0 bridgehead atoms. The minimum absolute atomic E-state index is 0.0198. The first-order valence-electron chi connectivity index (χ1n) is 3.95. The van der Waals surface area contributed by atoms with Crippen molar-refractivity contribution in [3.8, 4) is 0 Å². The van der Waals surface area contributed by atoms with Crippen LogP contribution in [0.4, 0.5) is 13.2 Å². The van der Waals surface area contributed by atoms with E-state index < -0.39 is 24.5 Å². The Kier molecular flexibility index (Phi) is 4.42. The van der Waals surface area contributed by atoms with E-state index in [1.807, 2.05) is 0 Å². The lowest BCUT2D eigenvalue weighted by Crippen LogP contribution is -2.22. The summed E-state index contributed by atoms with van der Waals surface area (Å²) in [4.78, 5) is 10.4. The lowest BCUT2D eigenvalue weighted by Gasteiger charge is -2.16. The molecule has 1 N–H and O–H groups in total. The number of carboxylic acid groups (broad SMARTS) is 1. The summed E-state index contributed by atoms with van der Waals surface area (Å²) in [5.41, 5.74) is 0. The van der Waals surface area contributed by atoms with Crippen molar-refractivity contribution >= 4 is 49.2 Å². The van der Waals surface area contributed by atoms with E-state index in [4.69, 9.17) is 5.11 Å².